The minimum atomic E-state index is -1.02. The van der Waals surface area contributed by atoms with Gasteiger partial charge in [-0.2, -0.15) is 0 Å². The molecule has 1 aromatic carbocycles. The highest BCUT2D eigenvalue weighted by atomic mass is 19.1. The van der Waals surface area contributed by atoms with Gasteiger partial charge in [-0.1, -0.05) is 0 Å². The van der Waals surface area contributed by atoms with E-state index in [1.54, 1.807) is 6.92 Å². The number of carbonyl (C=O) groups is 1. The summed E-state index contributed by atoms with van der Waals surface area (Å²) in [6.45, 7) is 3.44. The minimum absolute atomic E-state index is 0.160. The zero-order valence-corrected chi connectivity index (χ0v) is 9.96. The molecule has 0 radical (unpaired) electrons. The smallest absolute Gasteiger partial charge is 0.335 e. The molecule has 17 heavy (non-hydrogen) atoms. The van der Waals surface area contributed by atoms with Crippen LogP contribution in [0.3, 0.4) is 0 Å². The van der Waals surface area contributed by atoms with E-state index in [-0.39, 0.29) is 22.8 Å². The van der Waals surface area contributed by atoms with Gasteiger partial charge >= 0.3 is 5.97 Å². The van der Waals surface area contributed by atoms with Crippen molar-refractivity contribution in [1.82, 2.24) is 0 Å². The molecule has 0 amide bonds. The van der Waals surface area contributed by atoms with Gasteiger partial charge in [0.25, 0.3) is 0 Å². The Morgan fingerprint density at radius 1 is 1.53 bits per heavy atom. The second-order valence-corrected chi connectivity index (χ2v) is 4.90. The summed E-state index contributed by atoms with van der Waals surface area (Å²) in [6.07, 6.45) is 1.65. The van der Waals surface area contributed by atoms with E-state index in [1.165, 1.54) is 12.1 Å². The lowest BCUT2D eigenvalue weighted by Gasteiger charge is -2.21. The van der Waals surface area contributed by atoms with Crippen LogP contribution in [0.2, 0.25) is 0 Å². The average molecular weight is 237 g/mol. The van der Waals surface area contributed by atoms with Gasteiger partial charge < -0.3 is 10.8 Å². The highest BCUT2D eigenvalue weighted by Gasteiger charge is 2.49. The van der Waals surface area contributed by atoms with Crippen LogP contribution in [0.15, 0.2) is 12.1 Å². The summed E-state index contributed by atoms with van der Waals surface area (Å²) in [4.78, 5) is 11.0. The Kier molecular flexibility index (Phi) is 2.70. The van der Waals surface area contributed by atoms with Gasteiger partial charge in [0.15, 0.2) is 0 Å². The number of hydrogen-bond acceptors (Lipinski definition) is 2. The Labute approximate surface area is 99.4 Å². The highest BCUT2D eigenvalue weighted by Crippen LogP contribution is 2.51. The largest absolute Gasteiger partial charge is 0.478 e. The van der Waals surface area contributed by atoms with Gasteiger partial charge in [-0.05, 0) is 49.9 Å². The standard InChI is InChI=1S/C13H16FNO2/c1-7-5-11(14)10(6-9(7)12(16)17)13(3-4-13)8(2)15/h5-6,8H,3-4,15H2,1-2H3,(H,16,17). The van der Waals surface area contributed by atoms with Crippen LogP contribution in [0.25, 0.3) is 0 Å². The van der Waals surface area contributed by atoms with Crippen LogP contribution in [0.1, 0.15) is 41.3 Å². The number of aromatic carboxylic acids is 1. The Morgan fingerprint density at radius 2 is 2.12 bits per heavy atom. The number of aryl methyl sites for hydroxylation is 1. The first kappa shape index (κ1) is 12.0. The monoisotopic (exact) mass is 237 g/mol. The van der Waals surface area contributed by atoms with E-state index in [0.29, 0.717) is 11.1 Å². The summed E-state index contributed by atoms with van der Waals surface area (Å²) in [7, 11) is 0. The number of benzene rings is 1. The fourth-order valence-electron chi connectivity index (χ4n) is 2.39. The van der Waals surface area contributed by atoms with Crippen LogP contribution in [-0.2, 0) is 5.41 Å². The molecule has 3 nitrogen and oxygen atoms in total. The lowest BCUT2D eigenvalue weighted by Crippen LogP contribution is -2.32. The fraction of sp³-hybridized carbons (Fsp3) is 0.462. The molecule has 0 bridgehead atoms. The number of carboxylic acids is 1. The molecule has 92 valence electrons. The molecular weight excluding hydrogens is 221 g/mol. The molecule has 0 aliphatic heterocycles. The molecule has 0 saturated heterocycles. The number of rotatable bonds is 3. The predicted octanol–water partition coefficient (Wildman–Crippen LogP) is 2.21. The molecule has 1 fully saturated rings. The zero-order chi connectivity index (χ0) is 12.8. The average Bonchev–Trinajstić information content (AvgIpc) is 2.97. The zero-order valence-electron chi connectivity index (χ0n) is 9.96. The van der Waals surface area contributed by atoms with Crippen molar-refractivity contribution in [2.75, 3.05) is 0 Å². The van der Waals surface area contributed by atoms with Crippen LogP contribution in [-0.4, -0.2) is 17.1 Å². The van der Waals surface area contributed by atoms with E-state index in [1.807, 2.05) is 6.92 Å². The first-order chi connectivity index (χ1) is 7.88. The van der Waals surface area contributed by atoms with Crippen LogP contribution in [0.4, 0.5) is 4.39 Å². The van der Waals surface area contributed by atoms with Crippen molar-refractivity contribution >= 4 is 5.97 Å². The van der Waals surface area contributed by atoms with Crippen molar-refractivity contribution < 1.29 is 14.3 Å². The Balaban J connectivity index is 2.55. The summed E-state index contributed by atoms with van der Waals surface area (Å²) in [5.41, 5.74) is 6.58. The molecule has 0 aromatic heterocycles. The second kappa shape index (κ2) is 3.81. The van der Waals surface area contributed by atoms with Crippen molar-refractivity contribution in [2.24, 2.45) is 5.73 Å². The molecule has 0 spiro atoms. The topological polar surface area (TPSA) is 63.3 Å². The Bertz CT molecular complexity index is 479. The molecule has 1 aliphatic rings. The van der Waals surface area contributed by atoms with Crippen molar-refractivity contribution in [3.63, 3.8) is 0 Å². The summed E-state index contributed by atoms with van der Waals surface area (Å²) in [5.74, 6) is -1.37. The van der Waals surface area contributed by atoms with Gasteiger partial charge in [0.05, 0.1) is 5.56 Å². The molecular formula is C13H16FNO2. The maximum atomic E-state index is 13.9. The molecule has 3 N–H and O–H groups in total. The van der Waals surface area contributed by atoms with Crippen molar-refractivity contribution in [3.8, 4) is 0 Å². The molecule has 1 saturated carbocycles. The van der Waals surface area contributed by atoms with E-state index in [0.717, 1.165) is 12.8 Å². The molecule has 2 rings (SSSR count). The van der Waals surface area contributed by atoms with Crippen molar-refractivity contribution in [3.05, 3.63) is 34.6 Å². The van der Waals surface area contributed by atoms with Crippen LogP contribution in [0, 0.1) is 12.7 Å². The van der Waals surface area contributed by atoms with E-state index in [4.69, 9.17) is 10.8 Å². The lowest BCUT2D eigenvalue weighted by molar-refractivity contribution is 0.0696. The first-order valence-electron chi connectivity index (χ1n) is 5.68. The molecule has 1 atom stereocenters. The van der Waals surface area contributed by atoms with Crippen LogP contribution >= 0.6 is 0 Å². The van der Waals surface area contributed by atoms with Crippen LogP contribution < -0.4 is 5.73 Å². The number of carboxylic acid groups (broad SMARTS) is 1. The lowest BCUT2D eigenvalue weighted by atomic mass is 9.87. The third-order valence-electron chi connectivity index (χ3n) is 3.74. The second-order valence-electron chi connectivity index (χ2n) is 4.90. The Hall–Kier alpha value is -1.42. The summed E-state index contributed by atoms with van der Waals surface area (Å²) >= 11 is 0. The van der Waals surface area contributed by atoms with Gasteiger partial charge in [0.1, 0.15) is 5.82 Å². The maximum absolute atomic E-state index is 13.9. The predicted molar refractivity (Wildman–Crippen MR) is 62.7 cm³/mol. The summed E-state index contributed by atoms with van der Waals surface area (Å²) in [6, 6.07) is 2.58. The highest BCUT2D eigenvalue weighted by molar-refractivity contribution is 5.89. The third kappa shape index (κ3) is 1.82. The van der Waals surface area contributed by atoms with Gasteiger partial charge in [-0.15, -0.1) is 0 Å². The van der Waals surface area contributed by atoms with Crippen molar-refractivity contribution in [1.29, 1.82) is 0 Å². The quantitative estimate of drug-likeness (QED) is 0.847. The molecule has 1 aliphatic carbocycles. The number of nitrogens with two attached hydrogens (primary N) is 1. The number of halogens is 1. The maximum Gasteiger partial charge on any atom is 0.335 e. The third-order valence-corrected chi connectivity index (χ3v) is 3.74. The Morgan fingerprint density at radius 3 is 2.53 bits per heavy atom. The van der Waals surface area contributed by atoms with Gasteiger partial charge in [0.2, 0.25) is 0 Å². The summed E-state index contributed by atoms with van der Waals surface area (Å²) in [5, 5.41) is 9.05. The van der Waals surface area contributed by atoms with Gasteiger partial charge in [-0.3, -0.25) is 0 Å². The van der Waals surface area contributed by atoms with E-state index >= 15 is 0 Å². The van der Waals surface area contributed by atoms with Gasteiger partial charge in [0, 0.05) is 11.5 Å². The van der Waals surface area contributed by atoms with E-state index in [9.17, 15) is 9.18 Å². The number of hydrogen-bond donors (Lipinski definition) is 2. The molecule has 1 aromatic rings. The SMILES string of the molecule is Cc1cc(F)c(C2(C(C)N)CC2)cc1C(=O)O. The minimum Gasteiger partial charge on any atom is -0.478 e. The van der Waals surface area contributed by atoms with Crippen molar-refractivity contribution in [2.45, 2.75) is 38.1 Å². The summed E-state index contributed by atoms with van der Waals surface area (Å²) < 4.78 is 13.9. The fourth-order valence-corrected chi connectivity index (χ4v) is 2.39. The normalized spacial score (nSPS) is 18.8. The van der Waals surface area contributed by atoms with E-state index in [2.05, 4.69) is 0 Å². The molecule has 0 heterocycles. The molecule has 4 heteroatoms. The molecule has 1 unspecified atom stereocenters. The van der Waals surface area contributed by atoms with Gasteiger partial charge in [-0.25, -0.2) is 9.18 Å². The first-order valence-corrected chi connectivity index (χ1v) is 5.68. The van der Waals surface area contributed by atoms with Crippen LogP contribution in [0.5, 0.6) is 0 Å². The van der Waals surface area contributed by atoms with E-state index < -0.39 is 5.97 Å².